The van der Waals surface area contributed by atoms with Crippen LogP contribution in [-0.2, 0) is 27.5 Å². The van der Waals surface area contributed by atoms with E-state index in [-0.39, 0.29) is 33.8 Å². The first kappa shape index (κ1) is 37.9. The molecule has 1 fully saturated rings. The molecule has 0 aliphatic carbocycles. The molecular weight excluding hydrogens is 760 g/mol. The van der Waals surface area contributed by atoms with Gasteiger partial charge < -0.3 is 20.1 Å². The molecular formula is C35H31ClF4N6O5S2. The van der Waals surface area contributed by atoms with E-state index in [1.807, 2.05) is 0 Å². The lowest BCUT2D eigenvalue weighted by atomic mass is 9.95. The van der Waals surface area contributed by atoms with E-state index in [9.17, 15) is 26.4 Å². The molecule has 6 rings (SSSR count). The third kappa shape index (κ3) is 9.78. The summed E-state index contributed by atoms with van der Waals surface area (Å²) in [6, 6.07) is 14.2. The predicted octanol–water partition coefficient (Wildman–Crippen LogP) is 8.29. The van der Waals surface area contributed by atoms with Crippen LogP contribution in [0.2, 0.25) is 5.02 Å². The number of aromatic nitrogens is 3. The second-order valence-electron chi connectivity index (χ2n) is 12.0. The van der Waals surface area contributed by atoms with Crippen molar-refractivity contribution in [2.24, 2.45) is 5.92 Å². The monoisotopic (exact) mass is 790 g/mol. The molecule has 53 heavy (non-hydrogen) atoms. The third-order valence-electron chi connectivity index (χ3n) is 8.34. The van der Waals surface area contributed by atoms with Gasteiger partial charge in [0.15, 0.2) is 0 Å². The highest BCUT2D eigenvalue weighted by Gasteiger charge is 2.30. The van der Waals surface area contributed by atoms with E-state index in [1.165, 1.54) is 36.0 Å². The standard InChI is InChI=1S/C35H31ClF4N6O5S2/c36-28-17-32(53(48,49)46-33-45-44-20-52-33)29(37)18-31(28)51-30-5-4-23(22-2-1-3-25(14-22)35(38,39)40)16-27(30)24-9-13-42-26(15-24)19-50-34(47)43-12-8-21-6-10-41-11-7-21/h1-5,9,13-18,20-21,41H,6-8,10-12,19H2,(H,43,47)(H,45,46). The molecule has 0 unspecified atom stereocenters. The van der Waals surface area contributed by atoms with Crippen LogP contribution in [0.4, 0.5) is 27.5 Å². The zero-order chi connectivity index (χ0) is 37.6. The number of rotatable bonds is 12. The van der Waals surface area contributed by atoms with E-state index in [0.29, 0.717) is 34.8 Å². The van der Waals surface area contributed by atoms with Gasteiger partial charge in [-0.15, -0.1) is 10.2 Å². The number of carbonyl (C=O) groups is 1. The smallest absolute Gasteiger partial charge is 0.416 e. The van der Waals surface area contributed by atoms with Gasteiger partial charge in [0, 0.05) is 24.4 Å². The maximum Gasteiger partial charge on any atom is 0.416 e. The second kappa shape index (κ2) is 16.4. The Bertz CT molecular complexity index is 2190. The van der Waals surface area contributed by atoms with Crippen LogP contribution in [0.25, 0.3) is 22.3 Å². The van der Waals surface area contributed by atoms with Crippen molar-refractivity contribution >= 4 is 44.2 Å². The Morgan fingerprint density at radius 2 is 1.79 bits per heavy atom. The van der Waals surface area contributed by atoms with Crippen molar-refractivity contribution < 1.29 is 40.2 Å². The van der Waals surface area contributed by atoms with Gasteiger partial charge in [-0.05, 0) is 97.4 Å². The van der Waals surface area contributed by atoms with Crippen molar-refractivity contribution in [3.05, 3.63) is 101 Å². The van der Waals surface area contributed by atoms with Crippen LogP contribution in [-0.4, -0.2) is 49.3 Å². The van der Waals surface area contributed by atoms with Crippen LogP contribution in [0.1, 0.15) is 30.5 Å². The Morgan fingerprint density at radius 3 is 2.55 bits per heavy atom. The maximum atomic E-state index is 15.3. The summed E-state index contributed by atoms with van der Waals surface area (Å²) in [6.45, 7) is 2.19. The number of sulfonamides is 1. The number of carbonyl (C=O) groups excluding carboxylic acids is 1. The lowest BCUT2D eigenvalue weighted by Gasteiger charge is -2.22. The van der Waals surface area contributed by atoms with Crippen molar-refractivity contribution in [2.45, 2.75) is 36.9 Å². The van der Waals surface area contributed by atoms with Crippen LogP contribution in [0.15, 0.2) is 83.3 Å². The van der Waals surface area contributed by atoms with Gasteiger partial charge in [0.05, 0.1) is 16.3 Å². The summed E-state index contributed by atoms with van der Waals surface area (Å²) in [4.78, 5) is 16.0. The van der Waals surface area contributed by atoms with Crippen molar-refractivity contribution in [1.29, 1.82) is 0 Å². The highest BCUT2D eigenvalue weighted by molar-refractivity contribution is 7.93. The molecule has 0 radical (unpaired) electrons. The van der Waals surface area contributed by atoms with Crippen LogP contribution < -0.4 is 20.1 Å². The fourth-order valence-corrected chi connectivity index (χ4v) is 7.71. The van der Waals surface area contributed by atoms with Crippen LogP contribution in [0.3, 0.4) is 0 Å². The fourth-order valence-electron chi connectivity index (χ4n) is 5.66. The van der Waals surface area contributed by atoms with Gasteiger partial charge in [0.2, 0.25) is 5.13 Å². The molecule has 3 heterocycles. The largest absolute Gasteiger partial charge is 0.455 e. The predicted molar refractivity (Wildman–Crippen MR) is 191 cm³/mol. The minimum atomic E-state index is -4.57. The van der Waals surface area contributed by atoms with E-state index in [1.54, 1.807) is 18.2 Å². The minimum absolute atomic E-state index is 0.0817. The lowest BCUT2D eigenvalue weighted by molar-refractivity contribution is -0.137. The van der Waals surface area contributed by atoms with Gasteiger partial charge in [-0.1, -0.05) is 41.1 Å². The van der Waals surface area contributed by atoms with Crippen molar-refractivity contribution in [1.82, 2.24) is 25.8 Å². The van der Waals surface area contributed by atoms with Crippen LogP contribution >= 0.6 is 22.9 Å². The van der Waals surface area contributed by atoms with Gasteiger partial charge in [0.25, 0.3) is 10.0 Å². The van der Waals surface area contributed by atoms with Gasteiger partial charge in [0.1, 0.15) is 34.3 Å². The van der Waals surface area contributed by atoms with E-state index in [0.717, 1.165) is 68.0 Å². The molecule has 0 bridgehead atoms. The molecule has 1 aliphatic rings. The second-order valence-corrected chi connectivity index (χ2v) is 14.9. The molecule has 11 nitrogen and oxygen atoms in total. The van der Waals surface area contributed by atoms with E-state index >= 15 is 4.39 Å². The number of alkyl halides is 3. The number of pyridine rings is 1. The first-order valence-electron chi connectivity index (χ1n) is 16.2. The summed E-state index contributed by atoms with van der Waals surface area (Å²) in [5.74, 6) is -0.802. The average molecular weight is 791 g/mol. The third-order valence-corrected chi connectivity index (χ3v) is 10.7. The number of nitrogens with one attached hydrogen (secondary N) is 3. The first-order valence-corrected chi connectivity index (χ1v) is 18.9. The van der Waals surface area contributed by atoms with E-state index in [2.05, 4.69) is 30.5 Å². The van der Waals surface area contributed by atoms with Crippen molar-refractivity contribution in [2.75, 3.05) is 24.4 Å². The maximum absolute atomic E-state index is 15.3. The number of hydrogen-bond donors (Lipinski definition) is 3. The van der Waals surface area contributed by atoms with Gasteiger partial charge >= 0.3 is 12.3 Å². The molecule has 5 aromatic rings. The van der Waals surface area contributed by atoms with Gasteiger partial charge in [-0.25, -0.2) is 17.6 Å². The molecule has 18 heteroatoms. The Hall–Kier alpha value is -4.84. The zero-order valence-electron chi connectivity index (χ0n) is 27.6. The summed E-state index contributed by atoms with van der Waals surface area (Å²) in [7, 11) is -4.44. The molecule has 0 atom stereocenters. The van der Waals surface area contributed by atoms with Crippen LogP contribution in [0, 0.1) is 11.7 Å². The number of benzene rings is 3. The van der Waals surface area contributed by atoms with Crippen LogP contribution in [0.5, 0.6) is 11.5 Å². The molecule has 1 aliphatic heterocycles. The molecule has 1 amide bonds. The molecule has 3 N–H and O–H groups in total. The number of ether oxygens (including phenoxy) is 2. The van der Waals surface area contributed by atoms with E-state index in [4.69, 9.17) is 21.1 Å². The molecule has 0 saturated carbocycles. The Balaban J connectivity index is 1.27. The number of piperidine rings is 1. The summed E-state index contributed by atoms with van der Waals surface area (Å²) in [5.41, 5.74) is 2.25. The average Bonchev–Trinajstić information content (AvgIpc) is 3.65. The Morgan fingerprint density at radius 1 is 1.00 bits per heavy atom. The zero-order valence-corrected chi connectivity index (χ0v) is 30.0. The summed E-state index contributed by atoms with van der Waals surface area (Å²) >= 11 is 7.31. The number of amides is 1. The quantitative estimate of drug-likeness (QED) is 0.106. The molecule has 1 saturated heterocycles. The normalized spacial score (nSPS) is 13.8. The highest BCUT2D eigenvalue weighted by Crippen LogP contribution is 2.41. The number of hydrogen-bond acceptors (Lipinski definition) is 10. The number of nitrogens with zero attached hydrogens (tertiary/aromatic N) is 3. The first-order chi connectivity index (χ1) is 25.4. The molecule has 0 spiro atoms. The molecule has 278 valence electrons. The Labute approximate surface area is 310 Å². The van der Waals surface area contributed by atoms with Crippen molar-refractivity contribution in [3.8, 4) is 33.8 Å². The van der Waals surface area contributed by atoms with Gasteiger partial charge in [-0.2, -0.15) is 13.2 Å². The number of alkyl carbamates (subject to hydrolysis) is 1. The highest BCUT2D eigenvalue weighted by atomic mass is 35.5. The Kier molecular flexibility index (Phi) is 11.8. The fraction of sp³-hybridized carbons (Fsp3) is 0.257. The van der Waals surface area contributed by atoms with Crippen molar-refractivity contribution in [3.63, 3.8) is 0 Å². The topological polar surface area (TPSA) is 144 Å². The molecule has 2 aromatic heterocycles. The lowest BCUT2D eigenvalue weighted by Crippen LogP contribution is -2.31. The SMILES string of the molecule is O=C(NCCC1CCNCC1)OCc1cc(-c2cc(-c3cccc(C(F)(F)F)c3)ccc2Oc2cc(F)c(S(=O)(=O)Nc3nncs3)cc2Cl)ccn1. The van der Waals surface area contributed by atoms with Gasteiger partial charge in [-0.3, -0.25) is 9.71 Å². The summed E-state index contributed by atoms with van der Waals surface area (Å²) in [6.07, 6.45) is -0.793. The number of anilines is 1. The van der Waals surface area contributed by atoms with E-state index < -0.39 is 38.6 Å². The summed E-state index contributed by atoms with van der Waals surface area (Å²) < 4.78 is 95.3. The summed E-state index contributed by atoms with van der Waals surface area (Å²) in [5, 5.41) is 12.9. The molecule has 3 aromatic carbocycles. The minimum Gasteiger partial charge on any atom is -0.455 e. The number of halogens is 5.